The van der Waals surface area contributed by atoms with Crippen molar-refractivity contribution in [2.75, 3.05) is 13.2 Å². The van der Waals surface area contributed by atoms with Crippen molar-refractivity contribution in [3.05, 3.63) is 97.2 Å². The molecule has 0 N–H and O–H groups in total. The van der Waals surface area contributed by atoms with Crippen LogP contribution in [0, 0.1) is 0 Å². The number of carbonyl (C=O) groups is 3. The molecular formula is C56H92O6. The fourth-order valence-electron chi connectivity index (χ4n) is 6.49. The number of allylic oxidation sites excluding steroid dienone is 16. The van der Waals surface area contributed by atoms with Gasteiger partial charge in [-0.05, 0) is 109 Å². The SMILES string of the molecule is CC/C=C\C/C=C\C/C=C\C/C=C\C/C=C\CCCC(=O)OC[C@@H](COC(=O)CCCCCCC/C=C\CCCCCC)OC(=O)CCCCCCC/C=C\C/C=C\CCCC. The van der Waals surface area contributed by atoms with Crippen molar-refractivity contribution in [1.29, 1.82) is 0 Å². The third-order valence-electron chi connectivity index (χ3n) is 10.3. The Morgan fingerprint density at radius 2 is 0.661 bits per heavy atom. The molecule has 0 rings (SSSR count). The molecule has 62 heavy (non-hydrogen) atoms. The summed E-state index contributed by atoms with van der Waals surface area (Å²) >= 11 is 0. The topological polar surface area (TPSA) is 78.9 Å². The van der Waals surface area contributed by atoms with Crippen LogP contribution in [0.4, 0.5) is 0 Å². The fourth-order valence-corrected chi connectivity index (χ4v) is 6.49. The van der Waals surface area contributed by atoms with Crippen molar-refractivity contribution in [2.24, 2.45) is 0 Å². The number of rotatable bonds is 44. The van der Waals surface area contributed by atoms with Gasteiger partial charge in [0.2, 0.25) is 0 Å². The molecule has 0 heterocycles. The van der Waals surface area contributed by atoms with E-state index in [9.17, 15) is 14.4 Å². The summed E-state index contributed by atoms with van der Waals surface area (Å²) in [6.45, 7) is 6.38. The predicted molar refractivity (Wildman–Crippen MR) is 265 cm³/mol. The molecule has 0 spiro atoms. The number of carbonyl (C=O) groups excluding carboxylic acids is 3. The van der Waals surface area contributed by atoms with Crippen LogP contribution in [0.1, 0.15) is 220 Å². The summed E-state index contributed by atoms with van der Waals surface area (Å²) in [5.41, 5.74) is 0. The minimum atomic E-state index is -0.811. The number of hydrogen-bond acceptors (Lipinski definition) is 6. The fraction of sp³-hybridized carbons (Fsp3) is 0.661. The van der Waals surface area contributed by atoms with Gasteiger partial charge in [-0.15, -0.1) is 0 Å². The molecule has 352 valence electrons. The second kappa shape index (κ2) is 50.0. The summed E-state index contributed by atoms with van der Waals surface area (Å²) < 4.78 is 16.7. The molecule has 0 aromatic heterocycles. The van der Waals surface area contributed by atoms with Crippen LogP contribution in [-0.2, 0) is 28.6 Å². The second-order valence-electron chi connectivity index (χ2n) is 16.3. The normalized spacial score (nSPS) is 12.9. The van der Waals surface area contributed by atoms with E-state index in [0.717, 1.165) is 116 Å². The van der Waals surface area contributed by atoms with Crippen LogP contribution in [0.25, 0.3) is 0 Å². The van der Waals surface area contributed by atoms with E-state index in [4.69, 9.17) is 14.2 Å². The number of hydrogen-bond donors (Lipinski definition) is 0. The number of esters is 3. The molecule has 0 saturated heterocycles. The Morgan fingerprint density at radius 1 is 0.339 bits per heavy atom. The molecule has 0 radical (unpaired) electrons. The minimum Gasteiger partial charge on any atom is -0.462 e. The zero-order valence-corrected chi connectivity index (χ0v) is 40.1. The van der Waals surface area contributed by atoms with Gasteiger partial charge in [-0.1, -0.05) is 189 Å². The van der Waals surface area contributed by atoms with Crippen LogP contribution in [0.15, 0.2) is 97.2 Å². The highest BCUT2D eigenvalue weighted by molar-refractivity contribution is 5.71. The smallest absolute Gasteiger partial charge is 0.306 e. The lowest BCUT2D eigenvalue weighted by Crippen LogP contribution is -2.30. The van der Waals surface area contributed by atoms with E-state index < -0.39 is 6.10 Å². The van der Waals surface area contributed by atoms with Crippen molar-refractivity contribution < 1.29 is 28.6 Å². The van der Waals surface area contributed by atoms with E-state index in [-0.39, 0.29) is 37.5 Å². The minimum absolute atomic E-state index is 0.106. The van der Waals surface area contributed by atoms with Crippen molar-refractivity contribution in [1.82, 2.24) is 0 Å². The molecular weight excluding hydrogens is 769 g/mol. The van der Waals surface area contributed by atoms with Gasteiger partial charge in [-0.25, -0.2) is 0 Å². The Labute approximate surface area is 381 Å². The molecule has 1 atom stereocenters. The summed E-state index contributed by atoms with van der Waals surface area (Å²) in [6, 6.07) is 0. The highest BCUT2D eigenvalue weighted by Gasteiger charge is 2.19. The first-order chi connectivity index (χ1) is 30.5. The van der Waals surface area contributed by atoms with Gasteiger partial charge in [0.05, 0.1) is 0 Å². The van der Waals surface area contributed by atoms with Crippen LogP contribution < -0.4 is 0 Å². The van der Waals surface area contributed by atoms with E-state index in [1.54, 1.807) is 0 Å². The van der Waals surface area contributed by atoms with E-state index in [2.05, 4.69) is 118 Å². The quantitative estimate of drug-likeness (QED) is 0.0263. The number of ether oxygens (including phenoxy) is 3. The molecule has 0 fully saturated rings. The molecule has 0 aromatic carbocycles. The Balaban J connectivity index is 4.52. The van der Waals surface area contributed by atoms with E-state index in [0.29, 0.717) is 19.3 Å². The first-order valence-corrected chi connectivity index (χ1v) is 25.2. The summed E-state index contributed by atoms with van der Waals surface area (Å²) in [5.74, 6) is -0.994. The van der Waals surface area contributed by atoms with Crippen molar-refractivity contribution in [3.8, 4) is 0 Å². The highest BCUT2D eigenvalue weighted by Crippen LogP contribution is 2.12. The van der Waals surface area contributed by atoms with Gasteiger partial charge in [0.15, 0.2) is 6.10 Å². The zero-order chi connectivity index (χ0) is 45.1. The molecule has 6 nitrogen and oxygen atoms in total. The lowest BCUT2D eigenvalue weighted by atomic mass is 10.1. The Bertz CT molecular complexity index is 1260. The van der Waals surface area contributed by atoms with E-state index in [1.165, 1.54) is 57.8 Å². The average molecular weight is 861 g/mol. The van der Waals surface area contributed by atoms with Crippen LogP contribution in [-0.4, -0.2) is 37.2 Å². The van der Waals surface area contributed by atoms with Gasteiger partial charge in [0, 0.05) is 19.3 Å². The van der Waals surface area contributed by atoms with Crippen molar-refractivity contribution in [3.63, 3.8) is 0 Å². The maximum Gasteiger partial charge on any atom is 0.306 e. The summed E-state index contributed by atoms with van der Waals surface area (Å²) in [5, 5.41) is 0. The standard InChI is InChI=1S/C56H92O6/c1-4-7-10-13-16-19-22-25-27-28-29-32-34-37-40-43-46-49-55(58)61-52-53(51-60-54(57)48-45-42-39-36-33-30-24-21-18-15-12-9-6-3)62-56(59)50-47-44-41-38-35-31-26-23-20-17-14-11-8-5-2/h7,10,14,16-17,19,21,23-27,29,32,37,40,53H,4-6,8-9,11-13,15,18,20,22,28,30-31,33-36,38-39,41-52H2,1-3H3/b10-7-,17-14-,19-16-,24-21-,26-23-,27-25-,32-29-,40-37-/t53-/m1/s1. The van der Waals surface area contributed by atoms with Gasteiger partial charge >= 0.3 is 17.9 Å². The van der Waals surface area contributed by atoms with E-state index in [1.807, 2.05) is 0 Å². The first kappa shape index (κ1) is 58.3. The zero-order valence-electron chi connectivity index (χ0n) is 40.1. The largest absolute Gasteiger partial charge is 0.462 e. The molecule has 0 bridgehead atoms. The Kier molecular flexibility index (Phi) is 47.0. The van der Waals surface area contributed by atoms with E-state index >= 15 is 0 Å². The van der Waals surface area contributed by atoms with Gasteiger partial charge in [0.25, 0.3) is 0 Å². The predicted octanol–water partition coefficient (Wildman–Crippen LogP) is 16.6. The first-order valence-electron chi connectivity index (χ1n) is 25.2. The molecule has 0 amide bonds. The average Bonchev–Trinajstić information content (AvgIpc) is 3.27. The Hall–Kier alpha value is -3.67. The maximum absolute atomic E-state index is 12.8. The summed E-state index contributed by atoms with van der Waals surface area (Å²) in [6.07, 6.45) is 65.3. The third-order valence-corrected chi connectivity index (χ3v) is 10.3. The van der Waals surface area contributed by atoms with Crippen molar-refractivity contribution in [2.45, 2.75) is 226 Å². The molecule has 0 saturated carbocycles. The van der Waals surface area contributed by atoms with Crippen LogP contribution in [0.5, 0.6) is 0 Å². The molecule has 0 aliphatic carbocycles. The molecule has 6 heteroatoms. The highest BCUT2D eigenvalue weighted by atomic mass is 16.6. The van der Waals surface area contributed by atoms with Crippen LogP contribution >= 0.6 is 0 Å². The lowest BCUT2D eigenvalue weighted by Gasteiger charge is -2.18. The maximum atomic E-state index is 12.8. The van der Waals surface area contributed by atoms with Crippen molar-refractivity contribution >= 4 is 17.9 Å². The Morgan fingerprint density at radius 3 is 1.11 bits per heavy atom. The molecule has 0 aliphatic heterocycles. The lowest BCUT2D eigenvalue weighted by molar-refractivity contribution is -0.167. The van der Waals surface area contributed by atoms with Crippen LogP contribution in [0.3, 0.4) is 0 Å². The van der Waals surface area contributed by atoms with Gasteiger partial charge in [0.1, 0.15) is 13.2 Å². The second-order valence-corrected chi connectivity index (χ2v) is 16.3. The monoisotopic (exact) mass is 861 g/mol. The summed E-state index contributed by atoms with van der Waals surface area (Å²) in [4.78, 5) is 37.9. The third kappa shape index (κ3) is 47.4. The van der Waals surface area contributed by atoms with Gasteiger partial charge in [-0.2, -0.15) is 0 Å². The van der Waals surface area contributed by atoms with Gasteiger partial charge in [-0.3, -0.25) is 14.4 Å². The molecule has 0 unspecified atom stereocenters. The molecule has 0 aliphatic rings. The number of unbranched alkanes of at least 4 members (excludes halogenated alkanes) is 17. The van der Waals surface area contributed by atoms with Gasteiger partial charge < -0.3 is 14.2 Å². The van der Waals surface area contributed by atoms with Crippen LogP contribution in [0.2, 0.25) is 0 Å². The molecule has 0 aromatic rings. The summed E-state index contributed by atoms with van der Waals surface area (Å²) in [7, 11) is 0.